The highest BCUT2D eigenvalue weighted by molar-refractivity contribution is 6.30. The van der Waals surface area contributed by atoms with E-state index in [2.05, 4.69) is 35.3 Å². The minimum atomic E-state index is 0.447. The van der Waals surface area contributed by atoms with E-state index in [4.69, 9.17) is 11.6 Å². The predicted octanol–water partition coefficient (Wildman–Crippen LogP) is 4.32. The van der Waals surface area contributed by atoms with Crippen LogP contribution >= 0.6 is 11.6 Å². The predicted molar refractivity (Wildman–Crippen MR) is 76.6 cm³/mol. The highest BCUT2D eigenvalue weighted by atomic mass is 35.5. The Morgan fingerprint density at radius 3 is 2.44 bits per heavy atom. The monoisotopic (exact) mass is 255 g/mol. The Balaban J connectivity index is 1.64. The molecular weight excluding hydrogens is 242 g/mol. The topological polar surface area (TPSA) is 12.4 Å². The number of benzene rings is 2. The van der Waals surface area contributed by atoms with E-state index in [0.717, 1.165) is 17.0 Å². The SMILES string of the molecule is Clc1ccc(C=N[C@@H]2C[C@@H]2c2ccccc2)cc1. The zero-order valence-electron chi connectivity index (χ0n) is 9.96. The molecule has 0 heterocycles. The van der Waals surface area contributed by atoms with Crippen LogP contribution in [0.3, 0.4) is 0 Å². The van der Waals surface area contributed by atoms with E-state index in [1.807, 2.05) is 30.5 Å². The second-order valence-corrected chi connectivity index (χ2v) is 5.09. The van der Waals surface area contributed by atoms with Crippen LogP contribution < -0.4 is 0 Å². The summed E-state index contributed by atoms with van der Waals surface area (Å²) in [5, 5.41) is 0.765. The van der Waals surface area contributed by atoms with Gasteiger partial charge in [-0.15, -0.1) is 0 Å². The van der Waals surface area contributed by atoms with Crippen LogP contribution in [-0.2, 0) is 0 Å². The van der Waals surface area contributed by atoms with Gasteiger partial charge in [0.25, 0.3) is 0 Å². The third-order valence-electron chi connectivity index (χ3n) is 3.27. The Labute approximate surface area is 112 Å². The molecule has 1 aliphatic rings. The molecule has 0 saturated heterocycles. The van der Waals surface area contributed by atoms with Crippen molar-refractivity contribution in [3.63, 3.8) is 0 Å². The van der Waals surface area contributed by atoms with Crippen molar-refractivity contribution in [2.75, 3.05) is 0 Å². The van der Waals surface area contributed by atoms with Crippen LogP contribution in [0.2, 0.25) is 5.02 Å². The molecule has 2 heteroatoms. The molecule has 0 bridgehead atoms. The number of aliphatic imine (C=N–C) groups is 1. The fourth-order valence-electron chi connectivity index (χ4n) is 2.14. The molecule has 0 amide bonds. The summed E-state index contributed by atoms with van der Waals surface area (Å²) in [7, 11) is 0. The van der Waals surface area contributed by atoms with Crippen LogP contribution in [0.15, 0.2) is 59.6 Å². The minimum absolute atomic E-state index is 0.447. The number of hydrogen-bond donors (Lipinski definition) is 0. The van der Waals surface area contributed by atoms with Crippen molar-refractivity contribution in [2.45, 2.75) is 18.4 Å². The summed E-state index contributed by atoms with van der Waals surface area (Å²) in [6.45, 7) is 0. The van der Waals surface area contributed by atoms with Gasteiger partial charge in [0.2, 0.25) is 0 Å². The molecule has 1 aliphatic carbocycles. The van der Waals surface area contributed by atoms with Gasteiger partial charge in [-0.2, -0.15) is 0 Å². The van der Waals surface area contributed by atoms with Gasteiger partial charge in [-0.3, -0.25) is 4.99 Å². The highest BCUT2D eigenvalue weighted by Crippen LogP contribution is 2.43. The Morgan fingerprint density at radius 2 is 1.72 bits per heavy atom. The standard InChI is InChI=1S/C16H14ClN/c17-14-8-6-12(7-9-14)11-18-16-10-15(16)13-4-2-1-3-5-13/h1-9,11,15-16H,10H2/t15-,16-/m1/s1. The molecule has 1 saturated carbocycles. The lowest BCUT2D eigenvalue weighted by Gasteiger charge is -1.96. The van der Waals surface area contributed by atoms with Gasteiger partial charge in [0, 0.05) is 17.2 Å². The van der Waals surface area contributed by atoms with Gasteiger partial charge in [0.15, 0.2) is 0 Å². The van der Waals surface area contributed by atoms with Gasteiger partial charge < -0.3 is 0 Å². The van der Waals surface area contributed by atoms with E-state index in [1.165, 1.54) is 5.56 Å². The van der Waals surface area contributed by atoms with Crippen LogP contribution in [0.5, 0.6) is 0 Å². The highest BCUT2D eigenvalue weighted by Gasteiger charge is 2.37. The third-order valence-corrected chi connectivity index (χ3v) is 3.52. The Hall–Kier alpha value is -1.60. The van der Waals surface area contributed by atoms with Crippen molar-refractivity contribution in [3.8, 4) is 0 Å². The molecule has 2 aromatic carbocycles. The Kier molecular flexibility index (Phi) is 3.16. The average molecular weight is 256 g/mol. The van der Waals surface area contributed by atoms with E-state index < -0.39 is 0 Å². The first-order valence-electron chi connectivity index (χ1n) is 6.16. The molecule has 0 aliphatic heterocycles. The lowest BCUT2D eigenvalue weighted by Crippen LogP contribution is -1.87. The van der Waals surface area contributed by atoms with Crippen LogP contribution in [0.1, 0.15) is 23.5 Å². The second-order valence-electron chi connectivity index (χ2n) is 4.65. The minimum Gasteiger partial charge on any atom is -0.289 e. The maximum Gasteiger partial charge on any atom is 0.0575 e. The van der Waals surface area contributed by atoms with Crippen LogP contribution in [0.4, 0.5) is 0 Å². The summed E-state index contributed by atoms with van der Waals surface area (Å²) in [5.74, 6) is 0.606. The first-order chi connectivity index (χ1) is 8.83. The smallest absolute Gasteiger partial charge is 0.0575 e. The summed E-state index contributed by atoms with van der Waals surface area (Å²) in [5.41, 5.74) is 2.51. The number of hydrogen-bond acceptors (Lipinski definition) is 1. The van der Waals surface area contributed by atoms with Crippen molar-refractivity contribution in [1.82, 2.24) is 0 Å². The summed E-state index contributed by atoms with van der Waals surface area (Å²) in [4.78, 5) is 4.63. The maximum absolute atomic E-state index is 5.85. The fraction of sp³-hybridized carbons (Fsp3) is 0.188. The van der Waals surface area contributed by atoms with E-state index >= 15 is 0 Å². The van der Waals surface area contributed by atoms with E-state index in [9.17, 15) is 0 Å². The zero-order chi connectivity index (χ0) is 12.4. The molecule has 0 unspecified atom stereocenters. The summed E-state index contributed by atoms with van der Waals surface area (Å²) >= 11 is 5.85. The molecular formula is C16H14ClN. The van der Waals surface area contributed by atoms with Crippen LogP contribution in [0, 0.1) is 0 Å². The lowest BCUT2D eigenvalue weighted by molar-refractivity contribution is 0.995. The van der Waals surface area contributed by atoms with Crippen molar-refractivity contribution in [2.24, 2.45) is 4.99 Å². The number of nitrogens with zero attached hydrogens (tertiary/aromatic N) is 1. The van der Waals surface area contributed by atoms with Crippen molar-refractivity contribution in [3.05, 3.63) is 70.7 Å². The van der Waals surface area contributed by atoms with Gasteiger partial charge >= 0.3 is 0 Å². The van der Waals surface area contributed by atoms with Crippen molar-refractivity contribution in [1.29, 1.82) is 0 Å². The molecule has 90 valence electrons. The van der Waals surface area contributed by atoms with Gasteiger partial charge in [-0.1, -0.05) is 54.1 Å². The van der Waals surface area contributed by atoms with Crippen molar-refractivity contribution < 1.29 is 0 Å². The number of halogens is 1. The van der Waals surface area contributed by atoms with Crippen molar-refractivity contribution >= 4 is 17.8 Å². The quantitative estimate of drug-likeness (QED) is 0.725. The first-order valence-corrected chi connectivity index (χ1v) is 6.54. The fourth-order valence-corrected chi connectivity index (χ4v) is 2.26. The normalized spacial score (nSPS) is 22.3. The summed E-state index contributed by atoms with van der Waals surface area (Å²) < 4.78 is 0. The summed E-state index contributed by atoms with van der Waals surface area (Å²) in [6, 6.07) is 18.8. The molecule has 3 rings (SSSR count). The van der Waals surface area contributed by atoms with Crippen LogP contribution in [-0.4, -0.2) is 12.3 Å². The molecule has 0 radical (unpaired) electrons. The first kappa shape index (κ1) is 11.5. The lowest BCUT2D eigenvalue weighted by atomic mass is 10.1. The molecule has 2 atom stereocenters. The molecule has 0 N–H and O–H groups in total. The second kappa shape index (κ2) is 4.95. The third kappa shape index (κ3) is 2.62. The van der Waals surface area contributed by atoms with Gasteiger partial charge in [-0.05, 0) is 29.7 Å². The average Bonchev–Trinajstić information content (AvgIpc) is 3.19. The van der Waals surface area contributed by atoms with Gasteiger partial charge in [0.05, 0.1) is 6.04 Å². The van der Waals surface area contributed by atoms with E-state index in [0.29, 0.717) is 12.0 Å². The molecule has 1 nitrogen and oxygen atoms in total. The molecule has 0 spiro atoms. The molecule has 18 heavy (non-hydrogen) atoms. The van der Waals surface area contributed by atoms with E-state index in [-0.39, 0.29) is 0 Å². The molecule has 0 aromatic heterocycles. The van der Waals surface area contributed by atoms with E-state index in [1.54, 1.807) is 0 Å². The van der Waals surface area contributed by atoms with Gasteiger partial charge in [-0.25, -0.2) is 0 Å². The Bertz CT molecular complexity index is 545. The largest absolute Gasteiger partial charge is 0.289 e. The Morgan fingerprint density at radius 1 is 1.00 bits per heavy atom. The van der Waals surface area contributed by atoms with Crippen LogP contribution in [0.25, 0.3) is 0 Å². The zero-order valence-corrected chi connectivity index (χ0v) is 10.7. The molecule has 2 aromatic rings. The summed E-state index contributed by atoms with van der Waals surface area (Å²) in [6.07, 6.45) is 3.11. The molecule has 1 fully saturated rings. The number of rotatable bonds is 3. The maximum atomic E-state index is 5.85. The van der Waals surface area contributed by atoms with Gasteiger partial charge in [0.1, 0.15) is 0 Å².